The van der Waals surface area contributed by atoms with Gasteiger partial charge < -0.3 is 30.2 Å². The number of hydrogen-bond acceptors (Lipinski definition) is 8. The van der Waals surface area contributed by atoms with E-state index in [1.807, 2.05) is 38.1 Å². The van der Waals surface area contributed by atoms with Crippen LogP contribution in [0.4, 0.5) is 15.9 Å². The highest BCUT2D eigenvalue weighted by atomic mass is 19.1. The molecule has 216 valence electrons. The minimum Gasteiger partial charge on any atom is -0.439 e. The van der Waals surface area contributed by atoms with Gasteiger partial charge in [-0.1, -0.05) is 13.5 Å². The first-order chi connectivity index (χ1) is 19.8. The van der Waals surface area contributed by atoms with Gasteiger partial charge in [0.25, 0.3) is 5.91 Å². The standard InChI is InChI=1S/C27H28FN7O2.C3H9N/c1-18-14-19(2)32-24(18)9-8-22(15-28)37-26-23(16-29)25(30-17-31-26)33-21-6-4-20(5-7-21)27(36)35-12-10-34(3)11-13-35;1-3-4-2/h4-9,14,17,32H,1,10-13,15H2,2-3H3,(H,30,31,33);4H,3H2,1-2H3/b22-8+,24-9+;. The highest BCUT2D eigenvalue weighted by molar-refractivity contribution is 5.94. The van der Waals surface area contributed by atoms with E-state index >= 15 is 0 Å². The van der Waals surface area contributed by atoms with Crippen LogP contribution >= 0.6 is 0 Å². The van der Waals surface area contributed by atoms with Crippen molar-refractivity contribution in [2.45, 2.75) is 13.8 Å². The van der Waals surface area contributed by atoms with E-state index in [1.165, 1.54) is 12.4 Å². The average molecular weight is 561 g/mol. The summed E-state index contributed by atoms with van der Waals surface area (Å²) in [6.07, 6.45) is 4.35. The zero-order valence-corrected chi connectivity index (χ0v) is 24.0. The molecule has 3 N–H and O–H groups in total. The van der Waals surface area contributed by atoms with Crippen molar-refractivity contribution in [2.75, 3.05) is 58.8 Å². The van der Waals surface area contributed by atoms with Crippen molar-refractivity contribution < 1.29 is 13.9 Å². The van der Waals surface area contributed by atoms with Crippen LogP contribution < -0.4 is 25.9 Å². The van der Waals surface area contributed by atoms with Crippen LogP contribution in [0.2, 0.25) is 0 Å². The van der Waals surface area contributed by atoms with Crippen LogP contribution in [-0.4, -0.2) is 84.2 Å². The smallest absolute Gasteiger partial charge is 0.253 e. The number of aryl methyl sites for hydroxylation is 1. The summed E-state index contributed by atoms with van der Waals surface area (Å²) in [4.78, 5) is 28.1. The fourth-order valence-corrected chi connectivity index (χ4v) is 3.89. The Morgan fingerprint density at radius 3 is 2.49 bits per heavy atom. The summed E-state index contributed by atoms with van der Waals surface area (Å²) in [5.74, 6) is 0.0852. The number of benzene rings is 1. The molecule has 0 saturated carbocycles. The number of carbonyl (C=O) groups is 1. The third-order valence-corrected chi connectivity index (χ3v) is 6.33. The Morgan fingerprint density at radius 1 is 1.24 bits per heavy atom. The third kappa shape index (κ3) is 8.73. The number of anilines is 2. The molecule has 11 heteroatoms. The van der Waals surface area contributed by atoms with E-state index in [9.17, 15) is 14.4 Å². The van der Waals surface area contributed by atoms with Gasteiger partial charge in [0.05, 0.1) is 0 Å². The number of nitriles is 1. The van der Waals surface area contributed by atoms with Crippen molar-refractivity contribution in [1.29, 1.82) is 5.26 Å². The van der Waals surface area contributed by atoms with Crippen LogP contribution in [0, 0.1) is 18.3 Å². The number of halogens is 1. The van der Waals surface area contributed by atoms with Crippen molar-refractivity contribution in [1.82, 2.24) is 30.1 Å². The largest absolute Gasteiger partial charge is 0.439 e. The van der Waals surface area contributed by atoms with Crippen LogP contribution in [0.5, 0.6) is 5.88 Å². The fourth-order valence-electron chi connectivity index (χ4n) is 3.89. The van der Waals surface area contributed by atoms with Gasteiger partial charge in [0.1, 0.15) is 24.8 Å². The average Bonchev–Trinajstić information content (AvgIpc) is 3.32. The topological polar surface area (TPSA) is 122 Å². The SMILES string of the molecule is C=c1cc(C)[nH]/c1=C/C=C(\CF)Oc1ncnc(Nc2ccc(C(=O)N3CCN(C)CC3)cc2)c1C#N.CCNC. The Balaban J connectivity index is 0.00000108. The molecule has 2 aromatic heterocycles. The molecule has 0 atom stereocenters. The molecule has 41 heavy (non-hydrogen) atoms. The number of aromatic amines is 1. The van der Waals surface area contributed by atoms with Gasteiger partial charge in [0.2, 0.25) is 5.88 Å². The number of allylic oxidation sites excluding steroid dienone is 2. The molecule has 0 bridgehead atoms. The lowest BCUT2D eigenvalue weighted by atomic mass is 10.1. The van der Waals surface area contributed by atoms with Gasteiger partial charge in [0, 0.05) is 48.5 Å². The molecule has 3 aromatic rings. The zero-order chi connectivity index (χ0) is 29.8. The minimum absolute atomic E-state index is 0.0158. The van der Waals surface area contributed by atoms with Gasteiger partial charge in [0.15, 0.2) is 11.4 Å². The Hall–Kier alpha value is -4.53. The molecule has 1 aliphatic heterocycles. The van der Waals surface area contributed by atoms with Crippen LogP contribution in [-0.2, 0) is 0 Å². The molecule has 1 aliphatic rings. The first-order valence-corrected chi connectivity index (χ1v) is 13.3. The van der Waals surface area contributed by atoms with Crippen LogP contribution in [0.15, 0.2) is 48.5 Å². The number of aromatic nitrogens is 3. The number of rotatable bonds is 8. The number of piperazine rings is 1. The second kappa shape index (κ2) is 15.3. The summed E-state index contributed by atoms with van der Waals surface area (Å²) in [5.41, 5.74) is 2.16. The zero-order valence-electron chi connectivity index (χ0n) is 24.0. The number of carbonyl (C=O) groups excluding carboxylic acids is 1. The molecule has 4 rings (SSSR count). The highest BCUT2D eigenvalue weighted by Gasteiger charge is 2.20. The van der Waals surface area contributed by atoms with E-state index in [-0.39, 0.29) is 28.9 Å². The van der Waals surface area contributed by atoms with Crippen molar-refractivity contribution in [2.24, 2.45) is 0 Å². The number of alkyl halides is 1. The molecule has 0 unspecified atom stereocenters. The molecule has 1 fully saturated rings. The van der Waals surface area contributed by atoms with Crippen LogP contribution in [0.1, 0.15) is 28.5 Å². The summed E-state index contributed by atoms with van der Waals surface area (Å²) < 4.78 is 19.3. The Morgan fingerprint density at radius 2 is 1.93 bits per heavy atom. The Kier molecular flexibility index (Phi) is 11.6. The molecule has 1 aromatic carbocycles. The quantitative estimate of drug-likeness (QED) is 0.359. The third-order valence-electron chi connectivity index (χ3n) is 6.33. The highest BCUT2D eigenvalue weighted by Crippen LogP contribution is 2.26. The maximum Gasteiger partial charge on any atom is 0.253 e. The molecular weight excluding hydrogens is 523 g/mol. The number of amides is 1. The predicted octanol–water partition coefficient (Wildman–Crippen LogP) is 2.46. The second-order valence-electron chi connectivity index (χ2n) is 9.45. The molecule has 0 aliphatic carbocycles. The predicted molar refractivity (Wildman–Crippen MR) is 159 cm³/mol. The van der Waals surface area contributed by atoms with E-state index in [2.05, 4.69) is 44.0 Å². The molecule has 3 heterocycles. The lowest BCUT2D eigenvalue weighted by Crippen LogP contribution is -2.47. The van der Waals surface area contributed by atoms with Crippen molar-refractivity contribution in [3.63, 3.8) is 0 Å². The van der Waals surface area contributed by atoms with Gasteiger partial charge in [-0.2, -0.15) is 5.26 Å². The first kappa shape index (κ1) is 31.0. The minimum atomic E-state index is -0.900. The summed E-state index contributed by atoms with van der Waals surface area (Å²) in [6, 6.07) is 10.8. The monoisotopic (exact) mass is 560 g/mol. The summed E-state index contributed by atoms with van der Waals surface area (Å²) in [7, 11) is 3.97. The normalized spacial score (nSPS) is 14.2. The fraction of sp³-hybridized carbons (Fsp3) is 0.333. The molecule has 0 radical (unpaired) electrons. The lowest BCUT2D eigenvalue weighted by molar-refractivity contribution is 0.0664. The summed E-state index contributed by atoms with van der Waals surface area (Å²) in [6.45, 7) is 11.1. The van der Waals surface area contributed by atoms with Gasteiger partial charge >= 0.3 is 0 Å². The molecular formula is C30H37FN8O2. The summed E-state index contributed by atoms with van der Waals surface area (Å²) in [5, 5.41) is 17.2. The number of nitrogens with one attached hydrogen (secondary N) is 3. The number of nitrogens with zero attached hydrogens (tertiary/aromatic N) is 5. The second-order valence-corrected chi connectivity index (χ2v) is 9.45. The number of H-pyrrole nitrogens is 1. The molecule has 1 saturated heterocycles. The van der Waals surface area contributed by atoms with E-state index in [1.54, 1.807) is 30.3 Å². The first-order valence-electron chi connectivity index (χ1n) is 13.3. The van der Waals surface area contributed by atoms with E-state index in [0.717, 1.165) is 35.9 Å². The van der Waals surface area contributed by atoms with E-state index < -0.39 is 6.67 Å². The van der Waals surface area contributed by atoms with Gasteiger partial charge in [-0.05, 0) is 75.3 Å². The maximum atomic E-state index is 13.7. The van der Waals surface area contributed by atoms with E-state index in [4.69, 9.17) is 4.74 Å². The van der Waals surface area contributed by atoms with Gasteiger partial charge in [-0.15, -0.1) is 0 Å². The number of hydrogen-bond donors (Lipinski definition) is 3. The molecule has 10 nitrogen and oxygen atoms in total. The Bertz CT molecular complexity index is 1480. The van der Waals surface area contributed by atoms with Crippen molar-refractivity contribution in [3.8, 4) is 11.9 Å². The number of ether oxygens (including phenoxy) is 1. The van der Waals surface area contributed by atoms with Crippen LogP contribution in [0.25, 0.3) is 12.7 Å². The summed E-state index contributed by atoms with van der Waals surface area (Å²) >= 11 is 0. The van der Waals surface area contributed by atoms with Gasteiger partial charge in [-0.3, -0.25) is 4.79 Å². The molecule has 0 spiro atoms. The van der Waals surface area contributed by atoms with Crippen molar-refractivity contribution >= 4 is 30.1 Å². The maximum absolute atomic E-state index is 13.7. The lowest BCUT2D eigenvalue weighted by Gasteiger charge is -2.32. The molecule has 1 amide bonds. The van der Waals surface area contributed by atoms with Crippen molar-refractivity contribution in [3.05, 3.63) is 75.9 Å². The van der Waals surface area contributed by atoms with Crippen LogP contribution in [0.3, 0.4) is 0 Å². The number of likely N-dealkylation sites (N-methyl/N-ethyl adjacent to an activating group) is 1. The van der Waals surface area contributed by atoms with E-state index in [0.29, 0.717) is 24.3 Å². The Labute approximate surface area is 239 Å². The van der Waals surface area contributed by atoms with Gasteiger partial charge in [-0.25, -0.2) is 14.4 Å².